The molecule has 102 valence electrons. The predicted octanol–water partition coefficient (Wildman–Crippen LogP) is 3.92. The van der Waals surface area contributed by atoms with Crippen LogP contribution in [-0.4, -0.2) is 18.1 Å². The molecule has 1 heterocycles. The van der Waals surface area contributed by atoms with E-state index in [4.69, 9.17) is 0 Å². The van der Waals surface area contributed by atoms with Gasteiger partial charge in [0, 0.05) is 15.5 Å². The van der Waals surface area contributed by atoms with E-state index in [2.05, 4.69) is 57.4 Å². The first-order valence-corrected chi connectivity index (χ1v) is 8.27. The van der Waals surface area contributed by atoms with Crippen molar-refractivity contribution in [2.75, 3.05) is 13.1 Å². The number of hydrogen-bond donors (Lipinski definition) is 1. The molecule has 1 aromatic carbocycles. The Labute approximate surface area is 127 Å². The Bertz CT molecular complexity index is 467. The van der Waals surface area contributed by atoms with E-state index in [-0.39, 0.29) is 0 Å². The molecular weight excluding hydrogens is 320 g/mol. The molecule has 2 rings (SSSR count). The number of nitrogens with one attached hydrogen (secondary N) is 1. The number of thiazole rings is 1. The van der Waals surface area contributed by atoms with Gasteiger partial charge in [-0.1, -0.05) is 35.0 Å². The Kier molecular flexibility index (Phi) is 6.01. The van der Waals surface area contributed by atoms with Crippen LogP contribution in [0.1, 0.15) is 17.4 Å². The fraction of sp³-hybridized carbons (Fsp3) is 0.400. The van der Waals surface area contributed by atoms with Gasteiger partial charge in [0.05, 0.1) is 5.51 Å². The molecule has 4 heteroatoms. The van der Waals surface area contributed by atoms with Crippen molar-refractivity contribution in [3.8, 4) is 0 Å². The molecule has 1 atom stereocenters. The molecule has 1 aromatic heterocycles. The van der Waals surface area contributed by atoms with Crippen molar-refractivity contribution in [3.63, 3.8) is 0 Å². The van der Waals surface area contributed by atoms with Crippen LogP contribution in [-0.2, 0) is 12.8 Å². The Morgan fingerprint density at radius 2 is 2.05 bits per heavy atom. The molecule has 1 unspecified atom stereocenters. The van der Waals surface area contributed by atoms with Gasteiger partial charge >= 0.3 is 0 Å². The van der Waals surface area contributed by atoms with E-state index in [9.17, 15) is 0 Å². The molecule has 0 bridgehead atoms. The van der Waals surface area contributed by atoms with E-state index in [1.807, 2.05) is 11.7 Å². The van der Waals surface area contributed by atoms with Crippen LogP contribution in [0.15, 0.2) is 40.4 Å². The summed E-state index contributed by atoms with van der Waals surface area (Å²) in [5, 5.41) is 3.47. The largest absolute Gasteiger partial charge is 0.317 e. The summed E-state index contributed by atoms with van der Waals surface area (Å²) in [6.07, 6.45) is 4.21. The number of aromatic nitrogens is 1. The molecule has 0 aliphatic heterocycles. The van der Waals surface area contributed by atoms with Gasteiger partial charge in [0.2, 0.25) is 0 Å². The van der Waals surface area contributed by atoms with Gasteiger partial charge in [-0.05, 0) is 49.5 Å². The van der Waals surface area contributed by atoms with Crippen LogP contribution < -0.4 is 5.32 Å². The lowest BCUT2D eigenvalue weighted by Crippen LogP contribution is -2.25. The predicted molar refractivity (Wildman–Crippen MR) is 85.7 cm³/mol. The van der Waals surface area contributed by atoms with Crippen molar-refractivity contribution >= 4 is 27.3 Å². The maximum Gasteiger partial charge on any atom is 0.0794 e. The number of nitrogens with zero attached hydrogens (tertiary/aromatic N) is 1. The van der Waals surface area contributed by atoms with E-state index >= 15 is 0 Å². The number of rotatable bonds is 7. The van der Waals surface area contributed by atoms with Crippen LogP contribution in [0.5, 0.6) is 0 Å². The minimum atomic E-state index is 0.626. The van der Waals surface area contributed by atoms with Crippen molar-refractivity contribution in [2.45, 2.75) is 19.8 Å². The second-order valence-corrected chi connectivity index (χ2v) is 6.56. The summed E-state index contributed by atoms with van der Waals surface area (Å²) in [5.74, 6) is 0.626. The van der Waals surface area contributed by atoms with Gasteiger partial charge in [0.15, 0.2) is 0 Å². The average Bonchev–Trinajstić information content (AvgIpc) is 2.91. The SMILES string of the molecule is CCNCC(Cc1ccc(Br)cc1)Cc1cncs1. The Morgan fingerprint density at radius 3 is 2.68 bits per heavy atom. The smallest absolute Gasteiger partial charge is 0.0794 e. The Morgan fingerprint density at radius 1 is 1.26 bits per heavy atom. The maximum atomic E-state index is 4.17. The third kappa shape index (κ3) is 5.05. The van der Waals surface area contributed by atoms with Crippen LogP contribution in [0.4, 0.5) is 0 Å². The van der Waals surface area contributed by atoms with Gasteiger partial charge in [-0.3, -0.25) is 4.98 Å². The number of halogens is 1. The second-order valence-electron chi connectivity index (χ2n) is 4.68. The zero-order chi connectivity index (χ0) is 13.5. The third-order valence-electron chi connectivity index (χ3n) is 3.09. The van der Waals surface area contributed by atoms with Gasteiger partial charge in [-0.15, -0.1) is 11.3 Å². The molecule has 0 radical (unpaired) electrons. The van der Waals surface area contributed by atoms with E-state index in [0.717, 1.165) is 30.4 Å². The van der Waals surface area contributed by atoms with Crippen LogP contribution in [0.3, 0.4) is 0 Å². The van der Waals surface area contributed by atoms with E-state index < -0.39 is 0 Å². The molecule has 0 spiro atoms. The summed E-state index contributed by atoms with van der Waals surface area (Å²) in [5.41, 5.74) is 3.31. The van der Waals surface area contributed by atoms with Gasteiger partial charge in [0.1, 0.15) is 0 Å². The van der Waals surface area contributed by atoms with E-state index in [1.165, 1.54) is 10.4 Å². The lowest BCUT2D eigenvalue weighted by atomic mass is 9.95. The van der Waals surface area contributed by atoms with Crippen molar-refractivity contribution in [1.82, 2.24) is 10.3 Å². The molecule has 0 aliphatic carbocycles. The van der Waals surface area contributed by atoms with Crippen LogP contribution in [0, 0.1) is 5.92 Å². The van der Waals surface area contributed by atoms with Gasteiger partial charge < -0.3 is 5.32 Å². The number of benzene rings is 1. The highest BCUT2D eigenvalue weighted by Crippen LogP contribution is 2.18. The highest BCUT2D eigenvalue weighted by molar-refractivity contribution is 9.10. The zero-order valence-electron chi connectivity index (χ0n) is 11.1. The molecule has 0 fully saturated rings. The number of hydrogen-bond acceptors (Lipinski definition) is 3. The van der Waals surface area contributed by atoms with Gasteiger partial charge in [0.25, 0.3) is 0 Å². The summed E-state index contributed by atoms with van der Waals surface area (Å²) in [4.78, 5) is 5.54. The first-order valence-electron chi connectivity index (χ1n) is 6.60. The molecule has 0 saturated carbocycles. The monoisotopic (exact) mass is 338 g/mol. The van der Waals surface area contributed by atoms with Gasteiger partial charge in [-0.2, -0.15) is 0 Å². The van der Waals surface area contributed by atoms with Gasteiger partial charge in [-0.25, -0.2) is 0 Å². The molecule has 0 saturated heterocycles. The highest BCUT2D eigenvalue weighted by Gasteiger charge is 2.11. The molecular formula is C15H19BrN2S. The summed E-state index contributed by atoms with van der Waals surface area (Å²) < 4.78 is 1.14. The fourth-order valence-corrected chi connectivity index (χ4v) is 3.12. The van der Waals surface area contributed by atoms with Crippen molar-refractivity contribution < 1.29 is 0 Å². The average molecular weight is 339 g/mol. The Hall–Kier alpha value is -0.710. The molecule has 0 aliphatic rings. The summed E-state index contributed by atoms with van der Waals surface area (Å²) in [6.45, 7) is 4.24. The minimum absolute atomic E-state index is 0.626. The van der Waals surface area contributed by atoms with Crippen molar-refractivity contribution in [1.29, 1.82) is 0 Å². The molecule has 2 aromatic rings. The summed E-state index contributed by atoms with van der Waals surface area (Å²) in [7, 11) is 0. The van der Waals surface area contributed by atoms with Crippen molar-refractivity contribution in [2.24, 2.45) is 5.92 Å². The second kappa shape index (κ2) is 7.78. The van der Waals surface area contributed by atoms with Crippen molar-refractivity contribution in [3.05, 3.63) is 50.9 Å². The maximum absolute atomic E-state index is 4.17. The topological polar surface area (TPSA) is 24.9 Å². The molecule has 1 N–H and O–H groups in total. The zero-order valence-corrected chi connectivity index (χ0v) is 13.5. The van der Waals surface area contributed by atoms with E-state index in [0.29, 0.717) is 5.92 Å². The van der Waals surface area contributed by atoms with Crippen LogP contribution in [0.25, 0.3) is 0 Å². The van der Waals surface area contributed by atoms with Crippen LogP contribution in [0.2, 0.25) is 0 Å². The fourth-order valence-electron chi connectivity index (χ4n) is 2.15. The van der Waals surface area contributed by atoms with E-state index in [1.54, 1.807) is 11.3 Å². The summed E-state index contributed by atoms with van der Waals surface area (Å²) >= 11 is 5.23. The quantitative estimate of drug-likeness (QED) is 0.827. The standard InChI is InChI=1S/C15H19BrN2S/c1-2-17-9-13(8-15-10-18-11-19-15)7-12-3-5-14(16)6-4-12/h3-6,10-11,13,17H,2,7-9H2,1H3. The normalized spacial score (nSPS) is 12.5. The lowest BCUT2D eigenvalue weighted by molar-refractivity contribution is 0.481. The first-order chi connectivity index (χ1) is 9.28. The molecule has 0 amide bonds. The summed E-state index contributed by atoms with van der Waals surface area (Å²) in [6, 6.07) is 8.64. The molecule has 19 heavy (non-hydrogen) atoms. The van der Waals surface area contributed by atoms with Crippen LogP contribution >= 0.6 is 27.3 Å². The Balaban J connectivity index is 1.98. The third-order valence-corrected chi connectivity index (χ3v) is 4.42. The highest BCUT2D eigenvalue weighted by atomic mass is 79.9. The lowest BCUT2D eigenvalue weighted by Gasteiger charge is -2.16. The first kappa shape index (κ1) is 14.7. The molecule has 2 nitrogen and oxygen atoms in total. The minimum Gasteiger partial charge on any atom is -0.317 e.